The molecule has 1 aromatic heterocycles. The van der Waals surface area contributed by atoms with Gasteiger partial charge in [-0.25, -0.2) is 0 Å². The first-order valence-corrected chi connectivity index (χ1v) is 8.39. The van der Waals surface area contributed by atoms with Crippen LogP contribution >= 0.6 is 11.5 Å². The summed E-state index contributed by atoms with van der Waals surface area (Å²) in [6, 6.07) is 6.97. The second kappa shape index (κ2) is 7.82. The molecule has 0 aliphatic heterocycles. The summed E-state index contributed by atoms with van der Waals surface area (Å²) in [7, 11) is 0. The molecule has 7 heteroatoms. The molecule has 0 fully saturated rings. The van der Waals surface area contributed by atoms with E-state index in [1.807, 2.05) is 20.8 Å². The lowest BCUT2D eigenvalue weighted by Crippen LogP contribution is -2.30. The third kappa shape index (κ3) is 3.92. The predicted molar refractivity (Wildman–Crippen MR) is 90.9 cm³/mol. The smallest absolute Gasteiger partial charge is 0.269 e. The van der Waals surface area contributed by atoms with Crippen LogP contribution in [-0.4, -0.2) is 39.4 Å². The molecule has 2 aromatic rings. The van der Waals surface area contributed by atoms with Crippen LogP contribution in [0.15, 0.2) is 24.3 Å². The van der Waals surface area contributed by atoms with Crippen molar-refractivity contribution in [3.8, 4) is 0 Å². The lowest BCUT2D eigenvalue weighted by atomic mass is 10.1. The van der Waals surface area contributed by atoms with E-state index in [4.69, 9.17) is 0 Å². The number of carbonyl (C=O) groups is 2. The van der Waals surface area contributed by atoms with E-state index >= 15 is 0 Å². The number of nitrogens with zero attached hydrogens (tertiary/aromatic N) is 3. The molecule has 0 spiro atoms. The van der Waals surface area contributed by atoms with Crippen LogP contribution in [-0.2, 0) is 6.42 Å². The molecule has 6 nitrogen and oxygen atoms in total. The Morgan fingerprint density at radius 2 is 1.96 bits per heavy atom. The van der Waals surface area contributed by atoms with Crippen molar-refractivity contribution in [2.24, 2.45) is 0 Å². The fourth-order valence-corrected chi connectivity index (χ4v) is 2.87. The summed E-state index contributed by atoms with van der Waals surface area (Å²) >= 11 is 1.08. The SMILES string of the molecule is CCc1nnsc1C(=O)Nc1cccc(C(=O)N(CC)CC)c1. The molecule has 1 N–H and O–H groups in total. The fraction of sp³-hybridized carbons (Fsp3) is 0.375. The van der Waals surface area contributed by atoms with Crippen molar-refractivity contribution in [2.75, 3.05) is 18.4 Å². The quantitative estimate of drug-likeness (QED) is 0.882. The Balaban J connectivity index is 2.17. The van der Waals surface area contributed by atoms with Gasteiger partial charge in [0.1, 0.15) is 4.88 Å². The highest BCUT2D eigenvalue weighted by Gasteiger charge is 2.17. The maximum absolute atomic E-state index is 12.4. The monoisotopic (exact) mass is 332 g/mol. The molecule has 2 amide bonds. The van der Waals surface area contributed by atoms with Crippen molar-refractivity contribution >= 4 is 29.0 Å². The maximum atomic E-state index is 12.4. The largest absolute Gasteiger partial charge is 0.339 e. The van der Waals surface area contributed by atoms with Crippen LogP contribution in [0.4, 0.5) is 5.69 Å². The molecule has 0 atom stereocenters. The first-order chi connectivity index (χ1) is 11.1. The van der Waals surface area contributed by atoms with Gasteiger partial charge >= 0.3 is 0 Å². The zero-order chi connectivity index (χ0) is 16.8. The molecular formula is C16H20N4O2S. The summed E-state index contributed by atoms with van der Waals surface area (Å²) in [6.45, 7) is 7.11. The molecule has 0 aliphatic rings. The van der Waals surface area contributed by atoms with E-state index in [0.717, 1.165) is 11.5 Å². The number of rotatable bonds is 6. The van der Waals surface area contributed by atoms with Crippen LogP contribution in [0.2, 0.25) is 0 Å². The summed E-state index contributed by atoms with van der Waals surface area (Å²) in [5.74, 6) is -0.288. The molecule has 23 heavy (non-hydrogen) atoms. The number of aromatic nitrogens is 2. The Bertz CT molecular complexity index is 695. The lowest BCUT2D eigenvalue weighted by Gasteiger charge is -2.19. The molecule has 0 saturated carbocycles. The summed E-state index contributed by atoms with van der Waals surface area (Å²) in [5, 5.41) is 6.75. The van der Waals surface area contributed by atoms with Gasteiger partial charge in [0.25, 0.3) is 11.8 Å². The minimum Gasteiger partial charge on any atom is -0.339 e. The molecule has 0 radical (unpaired) electrons. The zero-order valence-electron chi connectivity index (χ0n) is 13.5. The average molecular weight is 332 g/mol. The van der Waals surface area contributed by atoms with Gasteiger partial charge in [-0.2, -0.15) is 0 Å². The Labute approximate surface area is 139 Å². The molecule has 1 heterocycles. The van der Waals surface area contributed by atoms with Gasteiger partial charge < -0.3 is 10.2 Å². The molecular weight excluding hydrogens is 312 g/mol. The molecule has 122 valence electrons. The lowest BCUT2D eigenvalue weighted by molar-refractivity contribution is 0.0772. The standard InChI is InChI=1S/C16H20N4O2S/c1-4-13-14(23-19-18-13)15(21)17-12-9-7-8-11(10-12)16(22)20(5-2)6-3/h7-10H,4-6H2,1-3H3,(H,17,21). The highest BCUT2D eigenvalue weighted by molar-refractivity contribution is 7.08. The van der Waals surface area contributed by atoms with Crippen molar-refractivity contribution in [2.45, 2.75) is 27.2 Å². The summed E-state index contributed by atoms with van der Waals surface area (Å²) in [6.07, 6.45) is 0.653. The summed E-state index contributed by atoms with van der Waals surface area (Å²) in [5.41, 5.74) is 1.83. The van der Waals surface area contributed by atoms with Gasteiger partial charge in [-0.05, 0) is 50.0 Å². The number of aryl methyl sites for hydroxylation is 1. The summed E-state index contributed by atoms with van der Waals surface area (Å²) < 4.78 is 3.82. The van der Waals surface area contributed by atoms with Gasteiger partial charge in [-0.3, -0.25) is 9.59 Å². The van der Waals surface area contributed by atoms with Crippen molar-refractivity contribution in [3.63, 3.8) is 0 Å². The van der Waals surface area contributed by atoms with Gasteiger partial charge in [-0.15, -0.1) is 5.10 Å². The van der Waals surface area contributed by atoms with Crippen LogP contribution < -0.4 is 5.32 Å². The first kappa shape index (κ1) is 17.1. The second-order valence-corrected chi connectivity index (χ2v) is 5.67. The van der Waals surface area contributed by atoms with Gasteiger partial charge in [0.05, 0.1) is 5.69 Å². The number of hydrogen-bond donors (Lipinski definition) is 1. The van der Waals surface area contributed by atoms with E-state index < -0.39 is 0 Å². The van der Waals surface area contributed by atoms with Gasteiger partial charge in [0.15, 0.2) is 0 Å². The summed E-state index contributed by atoms with van der Waals surface area (Å²) in [4.78, 5) is 26.9. The van der Waals surface area contributed by atoms with E-state index in [-0.39, 0.29) is 11.8 Å². The van der Waals surface area contributed by atoms with Crippen molar-refractivity contribution in [1.29, 1.82) is 0 Å². The number of nitrogens with one attached hydrogen (secondary N) is 1. The first-order valence-electron chi connectivity index (χ1n) is 7.62. The highest BCUT2D eigenvalue weighted by Crippen LogP contribution is 2.17. The molecule has 0 saturated heterocycles. The van der Waals surface area contributed by atoms with Gasteiger partial charge in [-0.1, -0.05) is 17.5 Å². The van der Waals surface area contributed by atoms with Crippen LogP contribution in [0.25, 0.3) is 0 Å². The minimum absolute atomic E-state index is 0.0418. The number of carbonyl (C=O) groups excluding carboxylic acids is 2. The van der Waals surface area contributed by atoms with Gasteiger partial charge in [0, 0.05) is 24.3 Å². The van der Waals surface area contributed by atoms with Crippen molar-refractivity contribution in [3.05, 3.63) is 40.4 Å². The Hall–Kier alpha value is -2.28. The van der Waals surface area contributed by atoms with Crippen LogP contribution in [0.1, 0.15) is 46.5 Å². The van der Waals surface area contributed by atoms with E-state index in [2.05, 4.69) is 14.9 Å². The zero-order valence-corrected chi connectivity index (χ0v) is 14.3. The van der Waals surface area contributed by atoms with E-state index in [9.17, 15) is 9.59 Å². The number of amides is 2. The third-order valence-corrected chi connectivity index (χ3v) is 4.28. The molecule has 2 rings (SSSR count). The molecule has 0 bridgehead atoms. The molecule has 0 unspecified atom stereocenters. The predicted octanol–water partition coefficient (Wildman–Crippen LogP) is 2.83. The molecule has 1 aromatic carbocycles. The van der Waals surface area contributed by atoms with Gasteiger partial charge in [0.2, 0.25) is 0 Å². The average Bonchev–Trinajstić information content (AvgIpc) is 3.05. The van der Waals surface area contributed by atoms with Crippen LogP contribution in [0.5, 0.6) is 0 Å². The third-order valence-electron chi connectivity index (χ3n) is 3.51. The Morgan fingerprint density at radius 1 is 1.22 bits per heavy atom. The van der Waals surface area contributed by atoms with Crippen LogP contribution in [0.3, 0.4) is 0 Å². The van der Waals surface area contributed by atoms with Crippen molar-refractivity contribution < 1.29 is 9.59 Å². The van der Waals surface area contributed by atoms with E-state index in [0.29, 0.717) is 41.3 Å². The Kier molecular flexibility index (Phi) is 5.81. The van der Waals surface area contributed by atoms with Crippen molar-refractivity contribution in [1.82, 2.24) is 14.5 Å². The topological polar surface area (TPSA) is 75.2 Å². The highest BCUT2D eigenvalue weighted by atomic mass is 32.1. The number of benzene rings is 1. The maximum Gasteiger partial charge on any atom is 0.269 e. The van der Waals surface area contributed by atoms with E-state index in [1.54, 1.807) is 29.2 Å². The second-order valence-electron chi connectivity index (χ2n) is 4.91. The Morgan fingerprint density at radius 3 is 2.61 bits per heavy atom. The number of hydrogen-bond acceptors (Lipinski definition) is 5. The minimum atomic E-state index is -0.246. The van der Waals surface area contributed by atoms with E-state index in [1.165, 1.54) is 0 Å². The molecule has 0 aliphatic carbocycles. The van der Waals surface area contributed by atoms with Crippen LogP contribution in [0, 0.1) is 0 Å². The normalized spacial score (nSPS) is 10.4. The number of anilines is 1. The fourth-order valence-electron chi connectivity index (χ4n) is 2.22.